The van der Waals surface area contributed by atoms with E-state index < -0.39 is 11.6 Å². The Labute approximate surface area is 113 Å². The summed E-state index contributed by atoms with van der Waals surface area (Å²) in [4.78, 5) is 2.41. The van der Waals surface area contributed by atoms with Crippen LogP contribution in [0.4, 0.5) is 8.78 Å². The van der Waals surface area contributed by atoms with Crippen molar-refractivity contribution >= 4 is 5.57 Å². The standard InChI is InChI=1S/C15H20F2N2/c1-12(13-4-5-14(16)15(17)11-13)3-2-8-19-9-6-18-7-10-19/h3-5,11,18H,2,6-10H2,1H3/b12-3+. The Morgan fingerprint density at radius 1 is 1.26 bits per heavy atom. The van der Waals surface area contributed by atoms with Crippen molar-refractivity contribution in [1.29, 1.82) is 0 Å². The maximum Gasteiger partial charge on any atom is 0.159 e. The average Bonchev–Trinajstić information content (AvgIpc) is 2.43. The van der Waals surface area contributed by atoms with Crippen LogP contribution in [-0.2, 0) is 0 Å². The van der Waals surface area contributed by atoms with Gasteiger partial charge in [-0.05, 0) is 36.6 Å². The van der Waals surface area contributed by atoms with Gasteiger partial charge in [0, 0.05) is 32.7 Å². The van der Waals surface area contributed by atoms with E-state index >= 15 is 0 Å². The van der Waals surface area contributed by atoms with E-state index in [1.165, 1.54) is 12.1 Å². The Hall–Kier alpha value is -1.26. The van der Waals surface area contributed by atoms with Gasteiger partial charge in [-0.25, -0.2) is 8.78 Å². The smallest absolute Gasteiger partial charge is 0.159 e. The van der Waals surface area contributed by atoms with Gasteiger partial charge in [-0.1, -0.05) is 12.1 Å². The van der Waals surface area contributed by atoms with Gasteiger partial charge in [-0.15, -0.1) is 0 Å². The monoisotopic (exact) mass is 266 g/mol. The zero-order valence-electron chi connectivity index (χ0n) is 11.3. The number of nitrogens with one attached hydrogen (secondary N) is 1. The normalized spacial score (nSPS) is 17.7. The molecule has 0 atom stereocenters. The first-order valence-electron chi connectivity index (χ1n) is 6.72. The highest BCUT2D eigenvalue weighted by Crippen LogP contribution is 2.17. The van der Waals surface area contributed by atoms with Crippen molar-refractivity contribution in [3.63, 3.8) is 0 Å². The number of piperazine rings is 1. The molecular formula is C15H20F2N2. The lowest BCUT2D eigenvalue weighted by Crippen LogP contribution is -2.43. The SMILES string of the molecule is C/C(=C\CCN1CCNCC1)c1ccc(F)c(F)c1. The Balaban J connectivity index is 1.89. The fourth-order valence-electron chi connectivity index (χ4n) is 2.26. The molecule has 0 unspecified atom stereocenters. The summed E-state index contributed by atoms with van der Waals surface area (Å²) in [7, 11) is 0. The number of allylic oxidation sites excluding steroid dienone is 1. The fourth-order valence-corrected chi connectivity index (χ4v) is 2.26. The quantitative estimate of drug-likeness (QED) is 0.901. The van der Waals surface area contributed by atoms with Gasteiger partial charge >= 0.3 is 0 Å². The van der Waals surface area contributed by atoms with Crippen LogP contribution in [-0.4, -0.2) is 37.6 Å². The molecule has 1 aromatic carbocycles. The summed E-state index contributed by atoms with van der Waals surface area (Å²) in [6, 6.07) is 4.05. The van der Waals surface area contributed by atoms with Gasteiger partial charge < -0.3 is 10.2 Å². The molecule has 1 N–H and O–H groups in total. The van der Waals surface area contributed by atoms with Crippen LogP contribution in [0.1, 0.15) is 18.9 Å². The molecule has 1 aliphatic heterocycles. The predicted octanol–water partition coefficient (Wildman–Crippen LogP) is 2.66. The molecule has 0 radical (unpaired) electrons. The molecule has 1 aromatic rings. The van der Waals surface area contributed by atoms with Crippen molar-refractivity contribution in [1.82, 2.24) is 10.2 Å². The number of hydrogen-bond donors (Lipinski definition) is 1. The van der Waals surface area contributed by atoms with E-state index in [2.05, 4.69) is 16.3 Å². The van der Waals surface area contributed by atoms with Crippen molar-refractivity contribution in [2.45, 2.75) is 13.3 Å². The highest BCUT2D eigenvalue weighted by molar-refractivity contribution is 5.63. The molecular weight excluding hydrogens is 246 g/mol. The predicted molar refractivity (Wildman–Crippen MR) is 73.9 cm³/mol. The molecule has 2 rings (SSSR count). The van der Waals surface area contributed by atoms with Crippen LogP contribution in [0.2, 0.25) is 0 Å². The van der Waals surface area contributed by atoms with E-state index in [-0.39, 0.29) is 0 Å². The van der Waals surface area contributed by atoms with Gasteiger partial charge in [0.05, 0.1) is 0 Å². The van der Waals surface area contributed by atoms with Crippen LogP contribution in [0, 0.1) is 11.6 Å². The van der Waals surface area contributed by atoms with E-state index in [9.17, 15) is 8.78 Å². The molecule has 0 aliphatic carbocycles. The van der Waals surface area contributed by atoms with Crippen molar-refractivity contribution in [3.05, 3.63) is 41.5 Å². The van der Waals surface area contributed by atoms with Gasteiger partial charge in [0.1, 0.15) is 0 Å². The summed E-state index contributed by atoms with van der Waals surface area (Å²) in [5.74, 6) is -1.58. The Bertz CT molecular complexity index is 451. The van der Waals surface area contributed by atoms with Crippen molar-refractivity contribution in [3.8, 4) is 0 Å². The minimum absolute atomic E-state index is 0.749. The van der Waals surface area contributed by atoms with Crippen molar-refractivity contribution in [2.24, 2.45) is 0 Å². The molecule has 0 saturated carbocycles. The Morgan fingerprint density at radius 2 is 2.00 bits per heavy atom. The second kappa shape index (κ2) is 6.78. The van der Waals surface area contributed by atoms with E-state index in [0.717, 1.165) is 50.3 Å². The van der Waals surface area contributed by atoms with E-state index in [0.29, 0.717) is 0 Å². The average molecular weight is 266 g/mol. The van der Waals surface area contributed by atoms with E-state index in [1.54, 1.807) is 6.07 Å². The lowest BCUT2D eigenvalue weighted by molar-refractivity contribution is 0.245. The molecule has 0 spiro atoms. The van der Waals surface area contributed by atoms with Gasteiger partial charge in [-0.2, -0.15) is 0 Å². The topological polar surface area (TPSA) is 15.3 Å². The van der Waals surface area contributed by atoms with Crippen LogP contribution in [0.3, 0.4) is 0 Å². The molecule has 1 saturated heterocycles. The van der Waals surface area contributed by atoms with Crippen molar-refractivity contribution in [2.75, 3.05) is 32.7 Å². The first kappa shape index (κ1) is 14.2. The molecule has 0 amide bonds. The maximum atomic E-state index is 13.1. The third kappa shape index (κ3) is 4.11. The zero-order chi connectivity index (χ0) is 13.7. The summed E-state index contributed by atoms with van der Waals surface area (Å²) in [6.45, 7) is 7.21. The minimum Gasteiger partial charge on any atom is -0.314 e. The number of rotatable bonds is 4. The van der Waals surface area contributed by atoms with Crippen molar-refractivity contribution < 1.29 is 8.78 Å². The van der Waals surface area contributed by atoms with Crippen LogP contribution in [0.25, 0.3) is 5.57 Å². The van der Waals surface area contributed by atoms with Crippen LogP contribution >= 0.6 is 0 Å². The van der Waals surface area contributed by atoms with Gasteiger partial charge in [0.2, 0.25) is 0 Å². The molecule has 1 heterocycles. The van der Waals surface area contributed by atoms with Gasteiger partial charge in [-0.3, -0.25) is 0 Å². The first-order chi connectivity index (χ1) is 9.16. The molecule has 4 heteroatoms. The second-order valence-electron chi connectivity index (χ2n) is 4.90. The molecule has 104 valence electrons. The van der Waals surface area contributed by atoms with E-state index in [1.807, 2.05) is 6.92 Å². The summed E-state index contributed by atoms with van der Waals surface area (Å²) in [5, 5.41) is 3.32. The maximum absolute atomic E-state index is 13.1. The fraction of sp³-hybridized carbons (Fsp3) is 0.467. The second-order valence-corrected chi connectivity index (χ2v) is 4.90. The Morgan fingerprint density at radius 3 is 2.68 bits per heavy atom. The first-order valence-corrected chi connectivity index (χ1v) is 6.72. The summed E-state index contributed by atoms with van der Waals surface area (Å²) >= 11 is 0. The summed E-state index contributed by atoms with van der Waals surface area (Å²) in [6.07, 6.45) is 3.03. The van der Waals surface area contributed by atoms with Crippen LogP contribution < -0.4 is 5.32 Å². The number of halogens is 2. The number of benzene rings is 1. The summed E-state index contributed by atoms with van der Waals surface area (Å²) < 4.78 is 26.0. The largest absolute Gasteiger partial charge is 0.314 e. The molecule has 19 heavy (non-hydrogen) atoms. The Kier molecular flexibility index (Phi) is 5.05. The molecule has 1 fully saturated rings. The zero-order valence-corrected chi connectivity index (χ0v) is 11.3. The third-order valence-corrected chi connectivity index (χ3v) is 3.48. The molecule has 0 bridgehead atoms. The third-order valence-electron chi connectivity index (χ3n) is 3.48. The van der Waals surface area contributed by atoms with Crippen LogP contribution in [0.5, 0.6) is 0 Å². The minimum atomic E-state index is -0.794. The van der Waals surface area contributed by atoms with Gasteiger partial charge in [0.25, 0.3) is 0 Å². The summed E-state index contributed by atoms with van der Waals surface area (Å²) in [5.41, 5.74) is 1.74. The molecule has 2 nitrogen and oxygen atoms in total. The number of nitrogens with zero attached hydrogens (tertiary/aromatic N) is 1. The molecule has 0 aromatic heterocycles. The molecule has 1 aliphatic rings. The van der Waals surface area contributed by atoms with Crippen LogP contribution in [0.15, 0.2) is 24.3 Å². The lowest BCUT2D eigenvalue weighted by atomic mass is 10.1. The number of hydrogen-bond acceptors (Lipinski definition) is 2. The van der Waals surface area contributed by atoms with Gasteiger partial charge in [0.15, 0.2) is 11.6 Å². The highest BCUT2D eigenvalue weighted by Gasteiger charge is 2.08. The highest BCUT2D eigenvalue weighted by atomic mass is 19.2. The van der Waals surface area contributed by atoms with E-state index in [4.69, 9.17) is 0 Å². The lowest BCUT2D eigenvalue weighted by Gasteiger charge is -2.26.